The topological polar surface area (TPSA) is 100 Å². The van der Waals surface area contributed by atoms with Crippen molar-refractivity contribution < 1.29 is 13.2 Å². The number of primary sulfonamides is 1. The summed E-state index contributed by atoms with van der Waals surface area (Å²) in [5.74, 6) is 0.816. The Labute approximate surface area is 119 Å². The molecule has 114 valence electrons. The zero-order chi connectivity index (χ0) is 15.3. The molecule has 0 bridgehead atoms. The minimum atomic E-state index is -3.89. The number of nitrogens with two attached hydrogens (primary N) is 1. The molecule has 2 rings (SSSR count). The van der Waals surface area contributed by atoms with E-state index in [1.807, 2.05) is 0 Å². The van der Waals surface area contributed by atoms with E-state index in [-0.39, 0.29) is 21.9 Å². The molecule has 2 N–H and O–H groups in total. The molecule has 8 heteroatoms. The van der Waals surface area contributed by atoms with Crippen molar-refractivity contribution in [2.45, 2.75) is 45.3 Å². The Bertz CT molecular complexity index is 605. The van der Waals surface area contributed by atoms with Crippen molar-refractivity contribution in [1.29, 1.82) is 0 Å². The molecule has 1 aliphatic rings. The lowest BCUT2D eigenvalue weighted by Gasteiger charge is -2.09. The van der Waals surface area contributed by atoms with Gasteiger partial charge in [-0.15, -0.1) is 10.2 Å². The molecule has 0 saturated heterocycles. The van der Waals surface area contributed by atoms with Crippen molar-refractivity contribution in [3.05, 3.63) is 5.82 Å². The van der Waals surface area contributed by atoms with Gasteiger partial charge in [0.05, 0.1) is 6.61 Å². The van der Waals surface area contributed by atoms with E-state index in [0.717, 1.165) is 0 Å². The maximum absolute atomic E-state index is 11.6. The molecule has 1 heterocycles. The molecule has 0 spiro atoms. The van der Waals surface area contributed by atoms with Crippen LogP contribution < -0.4 is 5.14 Å². The summed E-state index contributed by atoms with van der Waals surface area (Å²) in [6.45, 7) is 9.31. The maximum atomic E-state index is 11.6. The van der Waals surface area contributed by atoms with E-state index >= 15 is 0 Å². The third-order valence-electron chi connectivity index (χ3n) is 4.80. The molecule has 1 fully saturated rings. The lowest BCUT2D eigenvalue weighted by Crippen LogP contribution is -2.21. The van der Waals surface area contributed by atoms with Gasteiger partial charge >= 0.3 is 0 Å². The third kappa shape index (κ3) is 2.15. The second kappa shape index (κ2) is 4.51. The van der Waals surface area contributed by atoms with Crippen LogP contribution >= 0.6 is 0 Å². The highest BCUT2D eigenvalue weighted by Crippen LogP contribution is 2.73. The molecular formula is C12H22N4O3S. The zero-order valence-electron chi connectivity index (χ0n) is 12.5. The molecule has 0 aromatic carbocycles. The smallest absolute Gasteiger partial charge is 0.273 e. The van der Waals surface area contributed by atoms with E-state index in [9.17, 15) is 8.42 Å². The highest BCUT2D eigenvalue weighted by atomic mass is 32.2. The Morgan fingerprint density at radius 2 is 1.80 bits per heavy atom. The van der Waals surface area contributed by atoms with E-state index in [2.05, 4.69) is 37.9 Å². The fourth-order valence-electron chi connectivity index (χ4n) is 2.96. The first-order valence-corrected chi connectivity index (χ1v) is 8.04. The van der Waals surface area contributed by atoms with Gasteiger partial charge in [-0.25, -0.2) is 13.6 Å². The van der Waals surface area contributed by atoms with Crippen LogP contribution in [0.15, 0.2) is 5.16 Å². The summed E-state index contributed by atoms with van der Waals surface area (Å²) in [5, 5.41) is 12.9. The van der Waals surface area contributed by atoms with Gasteiger partial charge in [0.1, 0.15) is 5.82 Å². The first-order valence-electron chi connectivity index (χ1n) is 6.50. The fourth-order valence-corrected chi connectivity index (χ4v) is 3.61. The van der Waals surface area contributed by atoms with Gasteiger partial charge in [0, 0.05) is 19.6 Å². The van der Waals surface area contributed by atoms with Crippen molar-refractivity contribution in [2.75, 3.05) is 13.7 Å². The number of hydrogen-bond donors (Lipinski definition) is 1. The Kier molecular flexibility index (Phi) is 3.47. The number of hydrogen-bond acceptors (Lipinski definition) is 5. The summed E-state index contributed by atoms with van der Waals surface area (Å²) in [4.78, 5) is 0. The first kappa shape index (κ1) is 15.4. The summed E-state index contributed by atoms with van der Waals surface area (Å²) in [6.07, 6.45) is 0. The van der Waals surface area contributed by atoms with Crippen LogP contribution in [0.25, 0.3) is 0 Å². The van der Waals surface area contributed by atoms with Crippen molar-refractivity contribution in [3.8, 4) is 0 Å². The van der Waals surface area contributed by atoms with E-state index in [1.165, 1.54) is 0 Å². The van der Waals surface area contributed by atoms with Gasteiger partial charge in [-0.1, -0.05) is 27.7 Å². The Balaban J connectivity index is 2.48. The van der Waals surface area contributed by atoms with Crippen LogP contribution in [0.3, 0.4) is 0 Å². The highest BCUT2D eigenvalue weighted by molar-refractivity contribution is 7.89. The van der Waals surface area contributed by atoms with E-state index in [0.29, 0.717) is 19.0 Å². The lowest BCUT2D eigenvalue weighted by atomic mass is 10.0. The fraction of sp³-hybridized carbons (Fsp3) is 0.833. The van der Waals surface area contributed by atoms with E-state index in [4.69, 9.17) is 9.88 Å². The minimum Gasteiger partial charge on any atom is -0.383 e. The van der Waals surface area contributed by atoms with Crippen LogP contribution in [0.2, 0.25) is 0 Å². The molecule has 1 aliphatic carbocycles. The lowest BCUT2D eigenvalue weighted by molar-refractivity contribution is 0.183. The largest absolute Gasteiger partial charge is 0.383 e. The Morgan fingerprint density at radius 1 is 1.25 bits per heavy atom. The standard InChI is InChI=1S/C12H22N4O3S/c1-11(2)8(12(11,3)4)9-14-15-10(20(13,17)18)16(9)6-7-19-5/h8H,6-7H2,1-5H3,(H2,13,17,18). The van der Waals surface area contributed by atoms with Gasteiger partial charge in [-0.2, -0.15) is 0 Å². The molecular weight excluding hydrogens is 280 g/mol. The van der Waals surface area contributed by atoms with Crippen LogP contribution in [0.1, 0.15) is 39.4 Å². The Hall–Kier alpha value is -0.990. The van der Waals surface area contributed by atoms with Gasteiger partial charge in [0.25, 0.3) is 15.2 Å². The molecule has 7 nitrogen and oxygen atoms in total. The summed E-state index contributed by atoms with van der Waals surface area (Å²) in [7, 11) is -2.33. The predicted molar refractivity (Wildman–Crippen MR) is 73.6 cm³/mol. The molecule has 0 unspecified atom stereocenters. The van der Waals surface area contributed by atoms with E-state index in [1.54, 1.807) is 11.7 Å². The Morgan fingerprint density at radius 3 is 2.20 bits per heavy atom. The monoisotopic (exact) mass is 302 g/mol. The van der Waals surface area contributed by atoms with Crippen LogP contribution in [0.5, 0.6) is 0 Å². The highest BCUT2D eigenvalue weighted by Gasteiger charge is 2.67. The summed E-state index contributed by atoms with van der Waals surface area (Å²) < 4.78 is 29.8. The molecule has 20 heavy (non-hydrogen) atoms. The summed E-state index contributed by atoms with van der Waals surface area (Å²) in [5.41, 5.74) is 0.0843. The average molecular weight is 302 g/mol. The van der Waals surface area contributed by atoms with Crippen LogP contribution in [-0.4, -0.2) is 36.9 Å². The molecule has 0 atom stereocenters. The van der Waals surface area contributed by atoms with Crippen molar-refractivity contribution in [3.63, 3.8) is 0 Å². The SMILES string of the molecule is COCCn1c(C2C(C)(C)C2(C)C)nnc1S(N)(=O)=O. The minimum absolute atomic E-state index is 0.0421. The van der Waals surface area contributed by atoms with Crippen LogP contribution in [0, 0.1) is 10.8 Å². The number of rotatable bonds is 5. The first-order chi connectivity index (χ1) is 9.05. The second-order valence-electron chi connectivity index (χ2n) is 6.41. The number of methoxy groups -OCH3 is 1. The van der Waals surface area contributed by atoms with Gasteiger partial charge in [-0.05, 0) is 10.8 Å². The van der Waals surface area contributed by atoms with Crippen molar-refractivity contribution >= 4 is 10.0 Å². The zero-order valence-corrected chi connectivity index (χ0v) is 13.4. The van der Waals surface area contributed by atoms with Crippen LogP contribution in [-0.2, 0) is 21.3 Å². The molecule has 0 radical (unpaired) electrons. The summed E-state index contributed by atoms with van der Waals surface area (Å²) >= 11 is 0. The van der Waals surface area contributed by atoms with Crippen molar-refractivity contribution in [2.24, 2.45) is 16.0 Å². The normalized spacial score (nSPS) is 21.1. The molecule has 1 aromatic rings. The van der Waals surface area contributed by atoms with Gasteiger partial charge in [-0.3, -0.25) is 4.57 Å². The van der Waals surface area contributed by atoms with Crippen LogP contribution in [0.4, 0.5) is 0 Å². The molecule has 1 aromatic heterocycles. The molecule has 1 saturated carbocycles. The summed E-state index contributed by atoms with van der Waals surface area (Å²) in [6, 6.07) is 0. The second-order valence-corrected chi connectivity index (χ2v) is 7.86. The quantitative estimate of drug-likeness (QED) is 0.864. The van der Waals surface area contributed by atoms with Gasteiger partial charge < -0.3 is 4.74 Å². The maximum Gasteiger partial charge on any atom is 0.273 e. The molecule has 0 amide bonds. The number of aromatic nitrogens is 3. The van der Waals surface area contributed by atoms with Gasteiger partial charge in [0.2, 0.25) is 0 Å². The van der Waals surface area contributed by atoms with Gasteiger partial charge in [0.15, 0.2) is 0 Å². The third-order valence-corrected chi connectivity index (χ3v) is 5.61. The predicted octanol–water partition coefficient (Wildman–Crippen LogP) is 0.722. The number of sulfonamides is 1. The average Bonchev–Trinajstić information content (AvgIpc) is 2.64. The van der Waals surface area contributed by atoms with E-state index < -0.39 is 10.0 Å². The van der Waals surface area contributed by atoms with Crippen molar-refractivity contribution in [1.82, 2.24) is 14.8 Å². The number of ether oxygens (including phenoxy) is 1. The number of nitrogens with zero attached hydrogens (tertiary/aromatic N) is 3. The molecule has 0 aliphatic heterocycles.